The fourth-order valence-electron chi connectivity index (χ4n) is 4.15. The molecule has 3 aromatic rings. The molecule has 1 aliphatic heterocycles. The van der Waals surface area contributed by atoms with Gasteiger partial charge in [0.05, 0.1) is 0 Å². The molecule has 4 rings (SSSR count). The van der Waals surface area contributed by atoms with Crippen LogP contribution in [0.4, 0.5) is 5.69 Å². The fraction of sp³-hybridized carbons (Fsp3) is 0.296. The van der Waals surface area contributed by atoms with Crippen LogP contribution in [0.1, 0.15) is 42.0 Å². The van der Waals surface area contributed by atoms with Crippen LogP contribution in [0.2, 0.25) is 0 Å². The van der Waals surface area contributed by atoms with E-state index in [4.69, 9.17) is 0 Å². The number of para-hydroxylation sites is 1. The van der Waals surface area contributed by atoms with Crippen LogP contribution in [0.15, 0.2) is 73.1 Å². The van der Waals surface area contributed by atoms with Gasteiger partial charge in [-0.1, -0.05) is 55.5 Å². The maximum Gasteiger partial charge on any atom is 0.227 e. The topological polar surface area (TPSA) is 62.3 Å². The highest BCUT2D eigenvalue weighted by Gasteiger charge is 2.27. The quantitative estimate of drug-likeness (QED) is 0.564. The first-order chi connectivity index (χ1) is 15.6. The van der Waals surface area contributed by atoms with Crippen molar-refractivity contribution in [3.63, 3.8) is 0 Å². The van der Waals surface area contributed by atoms with E-state index in [1.807, 2.05) is 41.3 Å². The second-order valence-electron chi connectivity index (χ2n) is 8.37. The number of fused-ring (bicyclic) bond motifs is 1. The molecule has 164 valence electrons. The minimum Gasteiger partial charge on any atom is -0.334 e. The molecular formula is C27H29N3O2. The van der Waals surface area contributed by atoms with Gasteiger partial charge in [-0.2, -0.15) is 0 Å². The summed E-state index contributed by atoms with van der Waals surface area (Å²) in [6, 6.07) is 20.2. The smallest absolute Gasteiger partial charge is 0.227 e. The number of hydrogen-bond acceptors (Lipinski definition) is 3. The summed E-state index contributed by atoms with van der Waals surface area (Å²) < 4.78 is 0. The number of pyridine rings is 1. The highest BCUT2D eigenvalue weighted by Crippen LogP contribution is 2.28. The van der Waals surface area contributed by atoms with E-state index in [0.29, 0.717) is 32.4 Å². The summed E-state index contributed by atoms with van der Waals surface area (Å²) in [6.07, 6.45) is 6.08. The number of benzene rings is 2. The predicted octanol–water partition coefficient (Wildman–Crippen LogP) is 4.76. The van der Waals surface area contributed by atoms with Crippen LogP contribution >= 0.6 is 0 Å². The van der Waals surface area contributed by atoms with Crippen molar-refractivity contribution < 1.29 is 9.59 Å². The average Bonchev–Trinajstić information content (AvgIpc) is 2.83. The Bertz CT molecular complexity index is 1060. The molecule has 0 saturated heterocycles. The van der Waals surface area contributed by atoms with Crippen molar-refractivity contribution in [3.05, 3.63) is 95.3 Å². The van der Waals surface area contributed by atoms with Crippen LogP contribution < -0.4 is 5.32 Å². The summed E-state index contributed by atoms with van der Waals surface area (Å²) in [6.45, 7) is 3.17. The monoisotopic (exact) mass is 427 g/mol. The maximum atomic E-state index is 13.2. The minimum atomic E-state index is -0.182. The highest BCUT2D eigenvalue weighted by atomic mass is 16.2. The number of carbonyl (C=O) groups is 2. The molecule has 0 bridgehead atoms. The molecule has 2 amide bonds. The minimum absolute atomic E-state index is 0.00506. The zero-order chi connectivity index (χ0) is 22.3. The number of carbonyl (C=O) groups excluding carboxylic acids is 2. The normalized spacial score (nSPS) is 15.0. The lowest BCUT2D eigenvalue weighted by Gasteiger charge is -2.26. The summed E-state index contributed by atoms with van der Waals surface area (Å²) >= 11 is 0. The summed E-state index contributed by atoms with van der Waals surface area (Å²) in [4.78, 5) is 31.8. The lowest BCUT2D eigenvalue weighted by Crippen LogP contribution is -2.33. The number of hydrogen-bond donors (Lipinski definition) is 1. The number of nitrogens with one attached hydrogen (secondary N) is 1. The molecule has 1 N–H and O–H groups in total. The second-order valence-corrected chi connectivity index (χ2v) is 8.37. The molecular weight excluding hydrogens is 398 g/mol. The van der Waals surface area contributed by atoms with Crippen LogP contribution in [0.3, 0.4) is 0 Å². The zero-order valence-electron chi connectivity index (χ0n) is 18.5. The molecule has 2 aromatic carbocycles. The number of aromatic nitrogens is 1. The number of aryl methyl sites for hydroxylation is 1. The third kappa shape index (κ3) is 5.41. The van der Waals surface area contributed by atoms with Crippen molar-refractivity contribution in [2.75, 3.05) is 5.32 Å². The molecule has 32 heavy (non-hydrogen) atoms. The van der Waals surface area contributed by atoms with Crippen LogP contribution in [-0.2, 0) is 35.5 Å². The summed E-state index contributed by atoms with van der Waals surface area (Å²) in [5.41, 5.74) is 5.39. The van der Waals surface area contributed by atoms with Gasteiger partial charge in [0.2, 0.25) is 11.8 Å². The van der Waals surface area contributed by atoms with Crippen LogP contribution in [0, 0.1) is 5.92 Å². The van der Waals surface area contributed by atoms with Crippen molar-refractivity contribution in [2.45, 2.75) is 45.7 Å². The van der Waals surface area contributed by atoms with E-state index in [1.54, 1.807) is 12.4 Å². The van der Waals surface area contributed by atoms with Crippen molar-refractivity contribution in [2.24, 2.45) is 5.92 Å². The Balaban J connectivity index is 1.43. The molecule has 0 spiro atoms. The van der Waals surface area contributed by atoms with Crippen molar-refractivity contribution in [3.8, 4) is 0 Å². The van der Waals surface area contributed by atoms with Crippen molar-refractivity contribution in [1.82, 2.24) is 9.88 Å². The first-order valence-electron chi connectivity index (χ1n) is 11.3. The summed E-state index contributed by atoms with van der Waals surface area (Å²) in [5, 5.41) is 2.98. The molecule has 0 fully saturated rings. The lowest BCUT2D eigenvalue weighted by atomic mass is 9.89. The van der Waals surface area contributed by atoms with E-state index in [0.717, 1.165) is 28.8 Å². The van der Waals surface area contributed by atoms with Crippen molar-refractivity contribution >= 4 is 17.5 Å². The molecule has 1 aromatic heterocycles. The molecule has 0 saturated carbocycles. The number of rotatable bonds is 8. The van der Waals surface area contributed by atoms with E-state index in [-0.39, 0.29) is 17.7 Å². The van der Waals surface area contributed by atoms with Gasteiger partial charge in [-0.15, -0.1) is 0 Å². The molecule has 2 heterocycles. The largest absolute Gasteiger partial charge is 0.334 e. The fourth-order valence-corrected chi connectivity index (χ4v) is 4.15. The third-order valence-electron chi connectivity index (χ3n) is 6.07. The molecule has 1 aliphatic rings. The number of nitrogens with zero attached hydrogens (tertiary/aromatic N) is 2. The van der Waals surface area contributed by atoms with Gasteiger partial charge in [0, 0.05) is 43.5 Å². The van der Waals surface area contributed by atoms with Gasteiger partial charge >= 0.3 is 0 Å². The Hall–Kier alpha value is -3.47. The molecule has 0 radical (unpaired) electrons. The predicted molar refractivity (Wildman–Crippen MR) is 126 cm³/mol. The van der Waals surface area contributed by atoms with Crippen LogP contribution in [0.5, 0.6) is 0 Å². The van der Waals surface area contributed by atoms with Gasteiger partial charge in [-0.3, -0.25) is 14.6 Å². The summed E-state index contributed by atoms with van der Waals surface area (Å²) in [5.74, 6) is -0.122. The van der Waals surface area contributed by atoms with Crippen LogP contribution in [0.25, 0.3) is 0 Å². The highest BCUT2D eigenvalue weighted by molar-refractivity contribution is 5.96. The second kappa shape index (κ2) is 10.2. The Morgan fingerprint density at radius 3 is 2.50 bits per heavy atom. The SMILES string of the molecule is CCc1ccc(CN(Cc2cccnc2)C(=O)CCC2Cc3ccccc3NC2=O)cc1. The van der Waals surface area contributed by atoms with E-state index in [2.05, 4.69) is 41.5 Å². The summed E-state index contributed by atoms with van der Waals surface area (Å²) in [7, 11) is 0. The van der Waals surface area contributed by atoms with E-state index < -0.39 is 0 Å². The van der Waals surface area contributed by atoms with Gasteiger partial charge in [-0.25, -0.2) is 0 Å². The van der Waals surface area contributed by atoms with Gasteiger partial charge in [-0.05, 0) is 53.6 Å². The standard InChI is InChI=1S/C27H29N3O2/c1-2-20-9-11-21(12-10-20)18-30(19-22-6-5-15-28-17-22)26(31)14-13-24-16-23-7-3-4-8-25(23)29-27(24)32/h3-12,15,17,24H,2,13-14,16,18-19H2,1H3,(H,29,32). The van der Waals surface area contributed by atoms with Gasteiger partial charge in [0.25, 0.3) is 0 Å². The Labute approximate surface area is 189 Å². The number of amides is 2. The Morgan fingerprint density at radius 2 is 1.75 bits per heavy atom. The molecule has 1 unspecified atom stereocenters. The van der Waals surface area contributed by atoms with Gasteiger partial charge < -0.3 is 10.2 Å². The van der Waals surface area contributed by atoms with Crippen LogP contribution in [-0.4, -0.2) is 21.7 Å². The zero-order valence-corrected chi connectivity index (χ0v) is 18.5. The van der Waals surface area contributed by atoms with Crippen molar-refractivity contribution in [1.29, 1.82) is 0 Å². The molecule has 5 heteroatoms. The Kier molecular flexibility index (Phi) is 6.95. The van der Waals surface area contributed by atoms with Gasteiger partial charge in [0.15, 0.2) is 0 Å². The first kappa shape index (κ1) is 21.8. The molecule has 0 aliphatic carbocycles. The average molecular weight is 428 g/mol. The molecule has 5 nitrogen and oxygen atoms in total. The Morgan fingerprint density at radius 1 is 1.00 bits per heavy atom. The number of anilines is 1. The third-order valence-corrected chi connectivity index (χ3v) is 6.07. The van der Waals surface area contributed by atoms with E-state index in [9.17, 15) is 9.59 Å². The van der Waals surface area contributed by atoms with E-state index in [1.165, 1.54) is 5.56 Å². The van der Waals surface area contributed by atoms with E-state index >= 15 is 0 Å². The maximum absolute atomic E-state index is 13.2. The lowest BCUT2D eigenvalue weighted by molar-refractivity contribution is -0.133. The molecule has 1 atom stereocenters. The van der Waals surface area contributed by atoms with Gasteiger partial charge in [0.1, 0.15) is 0 Å². The first-order valence-corrected chi connectivity index (χ1v) is 11.3.